The summed E-state index contributed by atoms with van der Waals surface area (Å²) in [5.41, 5.74) is 0.725. The number of pyridine rings is 1. The summed E-state index contributed by atoms with van der Waals surface area (Å²) in [6.45, 7) is 14.0. The molecule has 1 saturated heterocycles. The van der Waals surface area contributed by atoms with Crippen molar-refractivity contribution in [2.45, 2.75) is 84.9 Å². The second kappa shape index (κ2) is 8.85. The van der Waals surface area contributed by atoms with Crippen molar-refractivity contribution < 1.29 is 9.53 Å². The van der Waals surface area contributed by atoms with E-state index in [0.29, 0.717) is 24.4 Å². The topological polar surface area (TPSA) is 45.7 Å². The third-order valence-electron chi connectivity index (χ3n) is 4.74. The lowest BCUT2D eigenvalue weighted by Crippen LogP contribution is -2.38. The number of aromatic nitrogens is 1. The predicted octanol–water partition coefficient (Wildman–Crippen LogP) is 5.17. The van der Waals surface area contributed by atoms with Gasteiger partial charge in [0.1, 0.15) is 11.4 Å². The summed E-state index contributed by atoms with van der Waals surface area (Å²) in [6, 6.07) is 5.05. The predicted molar refractivity (Wildman–Crippen MR) is 107 cm³/mol. The second-order valence-electron chi connectivity index (χ2n) is 8.42. The van der Waals surface area contributed by atoms with E-state index in [9.17, 15) is 4.79 Å². The zero-order chi connectivity index (χ0) is 19.3. The first-order valence-electron chi connectivity index (χ1n) is 9.95. The molecule has 5 heteroatoms. The Labute approximate surface area is 158 Å². The highest BCUT2D eigenvalue weighted by atomic mass is 16.6. The Kier molecular flexibility index (Phi) is 7.04. The van der Waals surface area contributed by atoms with E-state index in [0.717, 1.165) is 19.4 Å². The molecule has 2 rings (SSSR count). The van der Waals surface area contributed by atoms with Gasteiger partial charge in [0.15, 0.2) is 0 Å². The highest BCUT2D eigenvalue weighted by molar-refractivity contribution is 5.86. The van der Waals surface area contributed by atoms with Gasteiger partial charge in [-0.3, -0.25) is 9.80 Å². The maximum absolute atomic E-state index is 12.6. The molecule has 0 N–H and O–H groups in total. The molecule has 1 amide bonds. The molecular formula is C21H35N3O2. The van der Waals surface area contributed by atoms with Gasteiger partial charge < -0.3 is 4.74 Å². The average molecular weight is 362 g/mol. The van der Waals surface area contributed by atoms with E-state index >= 15 is 0 Å². The Bertz CT molecular complexity index is 578. The van der Waals surface area contributed by atoms with Crippen molar-refractivity contribution in [3.8, 4) is 0 Å². The van der Waals surface area contributed by atoms with Gasteiger partial charge in [-0.1, -0.05) is 19.4 Å². The number of anilines is 1. The number of nitrogens with zero attached hydrogens (tertiary/aromatic N) is 3. The molecule has 0 radical (unpaired) electrons. The van der Waals surface area contributed by atoms with Crippen LogP contribution in [0.25, 0.3) is 0 Å². The molecule has 1 atom stereocenters. The van der Waals surface area contributed by atoms with E-state index in [4.69, 9.17) is 4.74 Å². The lowest BCUT2D eigenvalue weighted by molar-refractivity contribution is 0.0578. The maximum Gasteiger partial charge on any atom is 0.416 e. The molecule has 146 valence electrons. The third-order valence-corrected chi connectivity index (χ3v) is 4.74. The highest BCUT2D eigenvalue weighted by Crippen LogP contribution is 2.33. The van der Waals surface area contributed by atoms with Gasteiger partial charge in [-0.2, -0.15) is 0 Å². The van der Waals surface area contributed by atoms with Crippen molar-refractivity contribution >= 4 is 11.9 Å². The van der Waals surface area contributed by atoms with Crippen LogP contribution >= 0.6 is 0 Å². The quantitative estimate of drug-likeness (QED) is 0.701. The number of carbonyl (C=O) groups is 1. The third kappa shape index (κ3) is 5.44. The van der Waals surface area contributed by atoms with Crippen LogP contribution in [0.1, 0.15) is 78.8 Å². The number of hydrogen-bond donors (Lipinski definition) is 0. The minimum absolute atomic E-state index is 0.323. The van der Waals surface area contributed by atoms with E-state index in [1.807, 2.05) is 33.0 Å². The first kappa shape index (κ1) is 20.7. The number of unbranched alkanes of at least 4 members (excludes halogenated alkanes) is 1. The molecule has 0 saturated carbocycles. The zero-order valence-electron chi connectivity index (χ0n) is 17.3. The second-order valence-corrected chi connectivity index (χ2v) is 8.42. The number of hydrogen-bond acceptors (Lipinski definition) is 4. The highest BCUT2D eigenvalue weighted by Gasteiger charge is 2.29. The van der Waals surface area contributed by atoms with E-state index in [1.165, 1.54) is 18.4 Å². The van der Waals surface area contributed by atoms with Crippen LogP contribution in [0.3, 0.4) is 0 Å². The van der Waals surface area contributed by atoms with Crippen LogP contribution in [-0.2, 0) is 4.74 Å². The molecule has 1 fully saturated rings. The van der Waals surface area contributed by atoms with E-state index in [2.05, 4.69) is 36.7 Å². The summed E-state index contributed by atoms with van der Waals surface area (Å²) in [5, 5.41) is 0. The summed E-state index contributed by atoms with van der Waals surface area (Å²) >= 11 is 0. The van der Waals surface area contributed by atoms with Crippen LogP contribution in [0.2, 0.25) is 0 Å². The van der Waals surface area contributed by atoms with Crippen molar-refractivity contribution in [3.63, 3.8) is 0 Å². The van der Waals surface area contributed by atoms with Crippen molar-refractivity contribution in [1.82, 2.24) is 9.88 Å². The fourth-order valence-corrected chi connectivity index (χ4v) is 3.45. The Morgan fingerprint density at radius 1 is 1.38 bits per heavy atom. The molecule has 0 unspecified atom stereocenters. The van der Waals surface area contributed by atoms with Gasteiger partial charge in [0.05, 0.1) is 0 Å². The summed E-state index contributed by atoms with van der Waals surface area (Å²) in [4.78, 5) is 21.4. The van der Waals surface area contributed by atoms with Gasteiger partial charge in [0.2, 0.25) is 0 Å². The maximum atomic E-state index is 12.6. The van der Waals surface area contributed by atoms with Crippen molar-refractivity contribution in [2.75, 3.05) is 18.0 Å². The molecular weight excluding hydrogens is 326 g/mol. The van der Waals surface area contributed by atoms with Gasteiger partial charge in [-0.15, -0.1) is 0 Å². The molecule has 0 bridgehead atoms. The molecule has 2 heterocycles. The molecule has 0 aliphatic carbocycles. The van der Waals surface area contributed by atoms with Crippen LogP contribution < -0.4 is 4.90 Å². The molecule has 0 aromatic carbocycles. The number of amides is 1. The van der Waals surface area contributed by atoms with Crippen LogP contribution in [0.5, 0.6) is 0 Å². The molecule has 1 aromatic rings. The van der Waals surface area contributed by atoms with Crippen molar-refractivity contribution in [2.24, 2.45) is 0 Å². The smallest absolute Gasteiger partial charge is 0.416 e. The van der Waals surface area contributed by atoms with E-state index in [-0.39, 0.29) is 6.09 Å². The van der Waals surface area contributed by atoms with Gasteiger partial charge in [-0.25, -0.2) is 9.78 Å². The van der Waals surface area contributed by atoms with Gasteiger partial charge in [-0.05, 0) is 72.1 Å². The SMILES string of the molecule is CCCCN(C(=O)OC(C)(C)C)c1ccc([C@@H]2CCCN2C(C)C)cn1. The van der Waals surface area contributed by atoms with E-state index in [1.54, 1.807) is 4.90 Å². The largest absolute Gasteiger partial charge is 0.443 e. The first-order valence-corrected chi connectivity index (χ1v) is 9.95. The summed E-state index contributed by atoms with van der Waals surface area (Å²) in [6.07, 6.45) is 5.95. The van der Waals surface area contributed by atoms with E-state index < -0.39 is 5.60 Å². The summed E-state index contributed by atoms with van der Waals surface area (Å²) in [5.74, 6) is 0.672. The van der Waals surface area contributed by atoms with Gasteiger partial charge >= 0.3 is 6.09 Å². The van der Waals surface area contributed by atoms with Crippen LogP contribution in [0.4, 0.5) is 10.6 Å². The lowest BCUT2D eigenvalue weighted by Gasteiger charge is -2.29. The number of rotatable bonds is 6. The molecule has 1 aromatic heterocycles. The fourth-order valence-electron chi connectivity index (χ4n) is 3.45. The molecule has 26 heavy (non-hydrogen) atoms. The summed E-state index contributed by atoms with van der Waals surface area (Å²) in [7, 11) is 0. The molecule has 1 aliphatic heterocycles. The fraction of sp³-hybridized carbons (Fsp3) is 0.714. The molecule has 0 spiro atoms. The first-order chi connectivity index (χ1) is 12.2. The zero-order valence-corrected chi connectivity index (χ0v) is 17.3. The Balaban J connectivity index is 2.17. The normalized spacial score (nSPS) is 18.3. The van der Waals surface area contributed by atoms with Gasteiger partial charge in [0, 0.05) is 24.8 Å². The number of carbonyl (C=O) groups excluding carboxylic acids is 1. The Morgan fingerprint density at radius 3 is 2.65 bits per heavy atom. The minimum atomic E-state index is -0.511. The van der Waals surface area contributed by atoms with Crippen molar-refractivity contribution in [1.29, 1.82) is 0 Å². The standard InChI is InChI=1S/C21H35N3O2/c1-7-8-13-24(20(25)26-21(4,5)6)19-12-11-17(15-22-19)18-10-9-14-23(18)16(2)3/h11-12,15-16,18H,7-10,13-14H2,1-6H3/t18-/m0/s1. The van der Waals surface area contributed by atoms with Crippen molar-refractivity contribution in [3.05, 3.63) is 23.9 Å². The average Bonchev–Trinajstić information content (AvgIpc) is 3.04. The van der Waals surface area contributed by atoms with Crippen LogP contribution in [-0.4, -0.2) is 40.7 Å². The summed E-state index contributed by atoms with van der Waals surface area (Å²) < 4.78 is 5.57. The Morgan fingerprint density at radius 2 is 2.12 bits per heavy atom. The van der Waals surface area contributed by atoms with Crippen LogP contribution in [0.15, 0.2) is 18.3 Å². The van der Waals surface area contributed by atoms with Gasteiger partial charge in [0.25, 0.3) is 0 Å². The number of ether oxygens (including phenoxy) is 1. The lowest BCUT2D eigenvalue weighted by atomic mass is 10.1. The molecule has 5 nitrogen and oxygen atoms in total. The monoisotopic (exact) mass is 361 g/mol. The number of likely N-dealkylation sites (tertiary alicyclic amines) is 1. The van der Waals surface area contributed by atoms with Crippen LogP contribution in [0, 0.1) is 0 Å². The minimum Gasteiger partial charge on any atom is -0.443 e. The molecule has 1 aliphatic rings. The Hall–Kier alpha value is -1.62.